The van der Waals surface area contributed by atoms with E-state index >= 15 is 0 Å². The second kappa shape index (κ2) is 7.50. The molecule has 7 heteroatoms. The van der Waals surface area contributed by atoms with Crippen molar-refractivity contribution in [2.75, 3.05) is 18.0 Å². The van der Waals surface area contributed by atoms with E-state index in [1.807, 2.05) is 43.3 Å². The summed E-state index contributed by atoms with van der Waals surface area (Å²) in [6, 6.07) is 13.0. The summed E-state index contributed by atoms with van der Waals surface area (Å²) in [5.41, 5.74) is 2.32. The number of hydrogen-bond donors (Lipinski definition) is 0. The number of fused-ring (bicyclic) bond motifs is 1. The van der Waals surface area contributed by atoms with Crippen molar-refractivity contribution in [3.63, 3.8) is 0 Å². The number of hydrogen-bond acceptors (Lipinski definition) is 3. The van der Waals surface area contributed by atoms with Gasteiger partial charge in [-0.25, -0.2) is 8.42 Å². The largest absolute Gasteiger partial charge is 0.311 e. The molecule has 1 aliphatic rings. The smallest absolute Gasteiger partial charge is 0.245 e. The van der Waals surface area contributed by atoms with Gasteiger partial charge in [0.05, 0.1) is 5.69 Å². The third kappa shape index (κ3) is 3.56. The van der Waals surface area contributed by atoms with Gasteiger partial charge in [-0.3, -0.25) is 4.79 Å². The summed E-state index contributed by atoms with van der Waals surface area (Å²) in [6.07, 6.45) is 0.654. The van der Waals surface area contributed by atoms with Crippen LogP contribution in [0.15, 0.2) is 51.8 Å². The average molecular weight is 437 g/mol. The average Bonchev–Trinajstić information content (AvgIpc) is 3.03. The van der Waals surface area contributed by atoms with E-state index in [4.69, 9.17) is 0 Å². The molecule has 0 aliphatic carbocycles. The Kier molecular flexibility index (Phi) is 5.50. The van der Waals surface area contributed by atoms with Crippen molar-refractivity contribution < 1.29 is 13.2 Å². The van der Waals surface area contributed by atoms with Crippen LogP contribution in [0, 0.1) is 0 Å². The number of rotatable bonds is 5. The van der Waals surface area contributed by atoms with Crippen LogP contribution in [0.25, 0.3) is 0 Å². The molecule has 1 aliphatic heterocycles. The predicted octanol–water partition coefficient (Wildman–Crippen LogP) is 3.57. The normalized spacial score (nSPS) is 13.9. The van der Waals surface area contributed by atoms with Crippen LogP contribution in [0.1, 0.15) is 25.0 Å². The maximum absolute atomic E-state index is 13.4. The number of carbonyl (C=O) groups excluding carboxylic acids is 1. The first kappa shape index (κ1) is 19.1. The van der Waals surface area contributed by atoms with Crippen molar-refractivity contribution in [3.05, 3.63) is 58.1 Å². The minimum absolute atomic E-state index is 0.145. The van der Waals surface area contributed by atoms with E-state index in [2.05, 4.69) is 15.9 Å². The summed E-state index contributed by atoms with van der Waals surface area (Å²) >= 11 is 3.42. The summed E-state index contributed by atoms with van der Waals surface area (Å²) in [4.78, 5) is 13.8. The highest BCUT2D eigenvalue weighted by Gasteiger charge is 2.34. The zero-order chi connectivity index (χ0) is 18.9. The van der Waals surface area contributed by atoms with Gasteiger partial charge in [0.1, 0.15) is 4.90 Å². The Morgan fingerprint density at radius 1 is 1.23 bits per heavy atom. The monoisotopic (exact) mass is 436 g/mol. The Balaban J connectivity index is 2.08. The lowest BCUT2D eigenvalue weighted by atomic mass is 10.2. The van der Waals surface area contributed by atoms with E-state index in [0.29, 0.717) is 36.2 Å². The van der Waals surface area contributed by atoms with Crippen molar-refractivity contribution in [1.29, 1.82) is 0 Å². The molecule has 0 saturated heterocycles. The molecule has 1 heterocycles. The Morgan fingerprint density at radius 3 is 2.54 bits per heavy atom. The zero-order valence-electron chi connectivity index (χ0n) is 14.8. The third-order valence-corrected chi connectivity index (χ3v) is 6.94. The SMILES string of the molecule is CCN(Cc1ccccc1)S(=O)(=O)c1cc(Br)cc2c1N(C(C)=O)CC2. The molecule has 0 aromatic heterocycles. The van der Waals surface area contributed by atoms with Gasteiger partial charge in [-0.1, -0.05) is 53.2 Å². The third-order valence-electron chi connectivity index (χ3n) is 4.55. The summed E-state index contributed by atoms with van der Waals surface area (Å²) in [6.45, 7) is 4.44. The fourth-order valence-corrected chi connectivity index (χ4v) is 5.63. The maximum atomic E-state index is 13.4. The van der Waals surface area contributed by atoms with Crippen LogP contribution in [0.3, 0.4) is 0 Å². The van der Waals surface area contributed by atoms with Crippen LogP contribution < -0.4 is 4.90 Å². The molecule has 138 valence electrons. The molecule has 3 rings (SSSR count). The lowest BCUT2D eigenvalue weighted by molar-refractivity contribution is -0.116. The Bertz CT molecular complexity index is 929. The van der Waals surface area contributed by atoms with Crippen LogP contribution in [-0.4, -0.2) is 31.7 Å². The molecule has 0 atom stereocenters. The molecule has 0 saturated carbocycles. The van der Waals surface area contributed by atoms with Gasteiger partial charge in [0.25, 0.3) is 0 Å². The first-order valence-corrected chi connectivity index (χ1v) is 10.7. The highest BCUT2D eigenvalue weighted by atomic mass is 79.9. The fraction of sp³-hybridized carbons (Fsp3) is 0.316. The summed E-state index contributed by atoms with van der Waals surface area (Å²) in [7, 11) is -3.75. The molecule has 26 heavy (non-hydrogen) atoms. The van der Waals surface area contributed by atoms with Gasteiger partial charge < -0.3 is 4.90 Å². The van der Waals surface area contributed by atoms with E-state index in [-0.39, 0.29) is 10.8 Å². The minimum atomic E-state index is -3.75. The van der Waals surface area contributed by atoms with E-state index in [9.17, 15) is 13.2 Å². The highest BCUT2D eigenvalue weighted by molar-refractivity contribution is 9.10. The van der Waals surface area contributed by atoms with Crippen LogP contribution in [-0.2, 0) is 27.8 Å². The predicted molar refractivity (Wildman–Crippen MR) is 106 cm³/mol. The van der Waals surface area contributed by atoms with E-state index in [0.717, 1.165) is 11.1 Å². The van der Waals surface area contributed by atoms with Crippen molar-refractivity contribution in [2.45, 2.75) is 31.7 Å². The van der Waals surface area contributed by atoms with E-state index in [1.54, 1.807) is 11.0 Å². The highest BCUT2D eigenvalue weighted by Crippen LogP contribution is 2.39. The second-order valence-electron chi connectivity index (χ2n) is 6.25. The molecular weight excluding hydrogens is 416 g/mol. The van der Waals surface area contributed by atoms with Crippen molar-refractivity contribution in [2.24, 2.45) is 0 Å². The van der Waals surface area contributed by atoms with Crippen molar-refractivity contribution in [1.82, 2.24) is 4.31 Å². The molecule has 2 aromatic rings. The van der Waals surface area contributed by atoms with Crippen LogP contribution in [0.4, 0.5) is 5.69 Å². The molecule has 5 nitrogen and oxygen atoms in total. The molecule has 0 unspecified atom stereocenters. The second-order valence-corrected chi connectivity index (χ2v) is 9.07. The number of sulfonamides is 1. The Morgan fingerprint density at radius 2 is 1.92 bits per heavy atom. The summed E-state index contributed by atoms with van der Waals surface area (Å²) < 4.78 is 29.0. The standard InChI is InChI=1S/C19H21BrN2O3S/c1-3-21(13-15-7-5-4-6-8-15)26(24,25)18-12-17(20)11-16-9-10-22(14(2)23)19(16)18/h4-8,11-12H,3,9-10,13H2,1-2H3. The first-order valence-electron chi connectivity index (χ1n) is 8.49. The molecule has 2 aromatic carbocycles. The quantitative estimate of drug-likeness (QED) is 0.719. The molecule has 0 fully saturated rings. The lowest BCUT2D eigenvalue weighted by Gasteiger charge is -2.25. The van der Waals surface area contributed by atoms with Gasteiger partial charge in [-0.2, -0.15) is 4.31 Å². The maximum Gasteiger partial charge on any atom is 0.245 e. The van der Waals surface area contributed by atoms with Crippen molar-refractivity contribution in [3.8, 4) is 0 Å². The number of halogens is 1. The van der Waals surface area contributed by atoms with E-state index in [1.165, 1.54) is 11.2 Å². The minimum Gasteiger partial charge on any atom is -0.311 e. The van der Waals surface area contributed by atoms with Gasteiger partial charge >= 0.3 is 0 Å². The Hall–Kier alpha value is -1.70. The van der Waals surface area contributed by atoms with Crippen LogP contribution >= 0.6 is 15.9 Å². The van der Waals surface area contributed by atoms with Gasteiger partial charge in [0, 0.05) is 31.0 Å². The number of nitrogens with zero attached hydrogens (tertiary/aromatic N) is 2. The molecule has 1 amide bonds. The fourth-order valence-electron chi connectivity index (χ4n) is 3.27. The van der Waals surface area contributed by atoms with Gasteiger partial charge in [0.2, 0.25) is 15.9 Å². The number of anilines is 1. The molecular formula is C19H21BrN2O3S. The van der Waals surface area contributed by atoms with Crippen LogP contribution in [0.2, 0.25) is 0 Å². The van der Waals surface area contributed by atoms with Crippen LogP contribution in [0.5, 0.6) is 0 Å². The zero-order valence-corrected chi connectivity index (χ0v) is 17.2. The van der Waals surface area contributed by atoms with Crippen molar-refractivity contribution >= 4 is 37.5 Å². The number of amides is 1. The summed E-state index contributed by atoms with van der Waals surface area (Å²) in [5, 5.41) is 0. The number of carbonyl (C=O) groups is 1. The van der Waals surface area contributed by atoms with Gasteiger partial charge in [0.15, 0.2) is 0 Å². The molecule has 0 radical (unpaired) electrons. The van der Waals surface area contributed by atoms with Gasteiger partial charge in [-0.05, 0) is 29.7 Å². The summed E-state index contributed by atoms with van der Waals surface area (Å²) in [5.74, 6) is -0.145. The Labute approximate surface area is 162 Å². The number of benzene rings is 2. The molecule has 0 spiro atoms. The lowest BCUT2D eigenvalue weighted by Crippen LogP contribution is -2.33. The topological polar surface area (TPSA) is 57.7 Å². The molecule has 0 N–H and O–H groups in total. The van der Waals surface area contributed by atoms with E-state index < -0.39 is 10.0 Å². The first-order chi connectivity index (χ1) is 12.3. The van der Waals surface area contributed by atoms with Gasteiger partial charge in [-0.15, -0.1) is 0 Å². The molecule has 0 bridgehead atoms.